The molecular weight excluding hydrogens is 268 g/mol. The Kier molecular flexibility index (Phi) is 3.34. The maximum atomic E-state index is 6.34. The van der Waals surface area contributed by atoms with Crippen LogP contribution in [-0.2, 0) is 11.3 Å². The van der Waals surface area contributed by atoms with Gasteiger partial charge < -0.3 is 4.74 Å². The molecule has 4 atom stereocenters. The van der Waals surface area contributed by atoms with Crippen molar-refractivity contribution in [2.24, 2.45) is 17.3 Å². The summed E-state index contributed by atoms with van der Waals surface area (Å²) >= 11 is 0. The first-order valence-corrected chi connectivity index (χ1v) is 8.43. The summed E-state index contributed by atoms with van der Waals surface area (Å²) in [7, 11) is 0. The Bertz CT molecular complexity index is 711. The molecule has 0 N–H and O–H groups in total. The zero-order valence-corrected chi connectivity index (χ0v) is 13.5. The summed E-state index contributed by atoms with van der Waals surface area (Å²) in [5, 5.41) is 2.61. The molecule has 1 fully saturated rings. The maximum Gasteiger partial charge on any atom is 0.0726 e. The third-order valence-electron chi connectivity index (χ3n) is 6.02. The van der Waals surface area contributed by atoms with E-state index in [4.69, 9.17) is 4.74 Å². The fourth-order valence-corrected chi connectivity index (χ4v) is 4.42. The first kappa shape index (κ1) is 14.0. The molecule has 114 valence electrons. The molecule has 0 heterocycles. The summed E-state index contributed by atoms with van der Waals surface area (Å²) in [6, 6.07) is 15.1. The van der Waals surface area contributed by atoms with Crippen LogP contribution in [0.15, 0.2) is 54.6 Å². The summed E-state index contributed by atoms with van der Waals surface area (Å²) in [5.41, 5.74) is 1.61. The predicted molar refractivity (Wildman–Crippen MR) is 91.7 cm³/mol. The van der Waals surface area contributed by atoms with Crippen molar-refractivity contribution < 1.29 is 4.74 Å². The lowest BCUT2D eigenvalue weighted by molar-refractivity contribution is -0.0430. The van der Waals surface area contributed by atoms with Gasteiger partial charge in [0.25, 0.3) is 0 Å². The summed E-state index contributed by atoms with van der Waals surface area (Å²) in [6.07, 6.45) is 7.74. The van der Waals surface area contributed by atoms with Crippen molar-refractivity contribution in [3.8, 4) is 0 Å². The molecule has 0 amide bonds. The minimum atomic E-state index is 0.298. The standard InChI is InChI=1S/C21H24O/c1-15(21(2)13-16-10-11-19(21)12-16)22-14-18-8-5-7-17-6-3-4-9-20(17)18/h3-11,15-16,19H,12-14H2,1-2H3. The maximum absolute atomic E-state index is 6.34. The number of fused-ring (bicyclic) bond motifs is 3. The molecule has 22 heavy (non-hydrogen) atoms. The first-order chi connectivity index (χ1) is 10.7. The molecule has 1 saturated carbocycles. The van der Waals surface area contributed by atoms with Crippen LogP contribution in [0.1, 0.15) is 32.3 Å². The molecule has 1 heteroatoms. The zero-order valence-electron chi connectivity index (χ0n) is 13.5. The van der Waals surface area contributed by atoms with E-state index < -0.39 is 0 Å². The monoisotopic (exact) mass is 292 g/mol. The Morgan fingerprint density at radius 2 is 1.95 bits per heavy atom. The van der Waals surface area contributed by atoms with Crippen LogP contribution in [0.3, 0.4) is 0 Å². The van der Waals surface area contributed by atoms with Crippen molar-refractivity contribution in [3.05, 3.63) is 60.2 Å². The Labute approximate surface area is 133 Å². The minimum absolute atomic E-state index is 0.298. The Morgan fingerprint density at radius 3 is 2.73 bits per heavy atom. The second-order valence-electron chi connectivity index (χ2n) is 7.29. The highest BCUT2D eigenvalue weighted by Gasteiger charge is 2.48. The molecule has 2 aliphatic carbocycles. The lowest BCUT2D eigenvalue weighted by atomic mass is 9.73. The second kappa shape index (κ2) is 5.24. The Morgan fingerprint density at radius 1 is 1.14 bits per heavy atom. The molecule has 2 aliphatic rings. The molecule has 2 aromatic rings. The third-order valence-corrected chi connectivity index (χ3v) is 6.02. The molecule has 4 unspecified atom stereocenters. The normalized spacial score (nSPS) is 31.0. The Hall–Kier alpha value is -1.60. The minimum Gasteiger partial charge on any atom is -0.373 e. The number of hydrogen-bond acceptors (Lipinski definition) is 1. The molecule has 2 bridgehead atoms. The van der Waals surface area contributed by atoms with Gasteiger partial charge in [0.15, 0.2) is 0 Å². The molecule has 0 aromatic heterocycles. The van der Waals surface area contributed by atoms with Crippen molar-refractivity contribution in [2.75, 3.05) is 0 Å². The van der Waals surface area contributed by atoms with Crippen molar-refractivity contribution in [1.82, 2.24) is 0 Å². The summed E-state index contributed by atoms with van der Waals surface area (Å²) in [4.78, 5) is 0. The van der Waals surface area contributed by atoms with Gasteiger partial charge in [0.05, 0.1) is 12.7 Å². The quantitative estimate of drug-likeness (QED) is 0.690. The van der Waals surface area contributed by atoms with Gasteiger partial charge >= 0.3 is 0 Å². The van der Waals surface area contributed by atoms with Gasteiger partial charge in [-0.05, 0) is 47.9 Å². The Balaban J connectivity index is 1.51. The largest absolute Gasteiger partial charge is 0.373 e. The van der Waals surface area contributed by atoms with Gasteiger partial charge in [-0.3, -0.25) is 0 Å². The van der Waals surface area contributed by atoms with Gasteiger partial charge in [0.2, 0.25) is 0 Å². The highest BCUT2D eigenvalue weighted by atomic mass is 16.5. The number of ether oxygens (including phenoxy) is 1. The molecule has 0 spiro atoms. The van der Waals surface area contributed by atoms with Crippen molar-refractivity contribution in [3.63, 3.8) is 0 Å². The molecule has 1 nitrogen and oxygen atoms in total. The van der Waals surface area contributed by atoms with Crippen LogP contribution in [0.2, 0.25) is 0 Å². The predicted octanol–water partition coefficient (Wildman–Crippen LogP) is 5.35. The average molecular weight is 292 g/mol. The number of benzene rings is 2. The lowest BCUT2D eigenvalue weighted by Gasteiger charge is -2.37. The van der Waals surface area contributed by atoms with E-state index in [1.165, 1.54) is 29.2 Å². The fraction of sp³-hybridized carbons (Fsp3) is 0.429. The van der Waals surface area contributed by atoms with Gasteiger partial charge in [-0.1, -0.05) is 61.5 Å². The van der Waals surface area contributed by atoms with E-state index in [9.17, 15) is 0 Å². The van der Waals surface area contributed by atoms with E-state index in [2.05, 4.69) is 68.5 Å². The van der Waals surface area contributed by atoms with Crippen molar-refractivity contribution in [1.29, 1.82) is 0 Å². The molecule has 2 aromatic carbocycles. The van der Waals surface area contributed by atoms with Crippen molar-refractivity contribution >= 4 is 10.8 Å². The number of allylic oxidation sites excluding steroid dienone is 2. The molecular formula is C21H24O. The SMILES string of the molecule is CC(OCc1cccc2ccccc12)C1(C)CC2C=CC1C2. The third kappa shape index (κ3) is 2.19. The summed E-state index contributed by atoms with van der Waals surface area (Å²) < 4.78 is 6.34. The van der Waals surface area contributed by atoms with Crippen LogP contribution in [0.5, 0.6) is 0 Å². The number of rotatable bonds is 4. The topological polar surface area (TPSA) is 9.23 Å². The zero-order chi connectivity index (χ0) is 15.2. The van der Waals surface area contributed by atoms with Crippen LogP contribution >= 0.6 is 0 Å². The number of hydrogen-bond donors (Lipinski definition) is 0. The van der Waals surface area contributed by atoms with Gasteiger partial charge in [-0.2, -0.15) is 0 Å². The average Bonchev–Trinajstić information content (AvgIpc) is 3.13. The fourth-order valence-electron chi connectivity index (χ4n) is 4.42. The van der Waals surface area contributed by atoms with Crippen molar-refractivity contribution in [2.45, 2.75) is 39.4 Å². The van der Waals surface area contributed by atoms with E-state index >= 15 is 0 Å². The smallest absolute Gasteiger partial charge is 0.0726 e. The second-order valence-corrected chi connectivity index (χ2v) is 7.29. The van der Waals surface area contributed by atoms with Gasteiger partial charge in [0.1, 0.15) is 0 Å². The van der Waals surface area contributed by atoms with Gasteiger partial charge in [-0.15, -0.1) is 0 Å². The van der Waals surface area contributed by atoms with E-state index in [1.54, 1.807) is 0 Å². The molecule has 0 radical (unpaired) electrons. The van der Waals surface area contributed by atoms with Crippen LogP contribution in [0.4, 0.5) is 0 Å². The van der Waals surface area contributed by atoms with E-state index in [-0.39, 0.29) is 0 Å². The van der Waals surface area contributed by atoms with E-state index in [1.807, 2.05) is 0 Å². The molecule has 0 aliphatic heterocycles. The highest BCUT2D eigenvalue weighted by molar-refractivity contribution is 5.85. The van der Waals surface area contributed by atoms with Crippen LogP contribution in [0, 0.1) is 17.3 Å². The lowest BCUT2D eigenvalue weighted by Crippen LogP contribution is -2.35. The van der Waals surface area contributed by atoms with Crippen LogP contribution in [0.25, 0.3) is 10.8 Å². The summed E-state index contributed by atoms with van der Waals surface area (Å²) in [5.74, 6) is 1.50. The first-order valence-electron chi connectivity index (χ1n) is 8.43. The highest BCUT2D eigenvalue weighted by Crippen LogP contribution is 2.54. The summed E-state index contributed by atoms with van der Waals surface area (Å²) in [6.45, 7) is 5.38. The van der Waals surface area contributed by atoms with E-state index in [0.29, 0.717) is 24.0 Å². The van der Waals surface area contributed by atoms with Gasteiger partial charge in [-0.25, -0.2) is 0 Å². The molecule has 4 rings (SSSR count). The van der Waals surface area contributed by atoms with Crippen LogP contribution in [-0.4, -0.2) is 6.10 Å². The van der Waals surface area contributed by atoms with E-state index in [0.717, 1.165) is 5.92 Å². The van der Waals surface area contributed by atoms with Gasteiger partial charge in [0, 0.05) is 5.41 Å². The molecule has 0 saturated heterocycles. The van der Waals surface area contributed by atoms with Crippen LogP contribution < -0.4 is 0 Å².